The van der Waals surface area contributed by atoms with Gasteiger partial charge in [-0.3, -0.25) is 0 Å². The zero-order valence-electron chi connectivity index (χ0n) is 7.54. The van der Waals surface area contributed by atoms with Crippen LogP contribution in [0, 0.1) is 0 Å². The lowest BCUT2D eigenvalue weighted by Gasteiger charge is -2.15. The molecule has 0 saturated carbocycles. The predicted molar refractivity (Wildman–Crippen MR) is 58.3 cm³/mol. The van der Waals surface area contributed by atoms with Crippen LogP contribution in [-0.4, -0.2) is 18.1 Å². The van der Waals surface area contributed by atoms with E-state index in [-0.39, 0.29) is 0 Å². The van der Waals surface area contributed by atoms with Gasteiger partial charge in [-0.15, -0.1) is 0 Å². The molecule has 0 amide bonds. The summed E-state index contributed by atoms with van der Waals surface area (Å²) in [4.78, 5) is 6.77. The van der Waals surface area contributed by atoms with Gasteiger partial charge >= 0.3 is 0 Å². The second kappa shape index (κ2) is 4.09. The molecule has 2 nitrogen and oxygen atoms in total. The summed E-state index contributed by atoms with van der Waals surface area (Å²) in [6.45, 7) is 2.33. The second-order valence-corrected chi connectivity index (χ2v) is 3.91. The fourth-order valence-corrected chi connectivity index (χ4v) is 1.96. The first kappa shape index (κ1) is 9.00. The Hall–Kier alpha value is -0.570. The zero-order valence-corrected chi connectivity index (χ0v) is 9.13. The van der Waals surface area contributed by atoms with E-state index in [1.807, 2.05) is 6.20 Å². The number of pyridine rings is 1. The summed E-state index contributed by atoms with van der Waals surface area (Å²) in [7, 11) is 0. The number of alkyl halides is 1. The van der Waals surface area contributed by atoms with Crippen molar-refractivity contribution in [3.8, 4) is 0 Å². The van der Waals surface area contributed by atoms with Crippen molar-refractivity contribution < 1.29 is 0 Å². The number of anilines is 1. The Bertz CT molecular complexity index is 265. The van der Waals surface area contributed by atoms with Gasteiger partial charge in [0.05, 0.1) is 0 Å². The Morgan fingerprint density at radius 3 is 2.62 bits per heavy atom. The monoisotopic (exact) mass is 240 g/mol. The van der Waals surface area contributed by atoms with Crippen LogP contribution in [0.15, 0.2) is 18.3 Å². The predicted octanol–water partition coefficient (Wildman–Crippen LogP) is 2.58. The highest BCUT2D eigenvalue weighted by atomic mass is 79.9. The first-order chi connectivity index (χ1) is 6.40. The Labute approximate surface area is 87.1 Å². The van der Waals surface area contributed by atoms with Crippen molar-refractivity contribution in [3.63, 3.8) is 0 Å². The molecule has 1 aliphatic rings. The molecule has 70 valence electrons. The van der Waals surface area contributed by atoms with Crippen LogP contribution in [0.2, 0.25) is 0 Å². The van der Waals surface area contributed by atoms with Gasteiger partial charge in [-0.05, 0) is 24.5 Å². The van der Waals surface area contributed by atoms with Crippen LogP contribution in [0.5, 0.6) is 0 Å². The van der Waals surface area contributed by atoms with Crippen molar-refractivity contribution in [3.05, 3.63) is 23.9 Å². The van der Waals surface area contributed by atoms with Crippen molar-refractivity contribution in [1.82, 2.24) is 4.98 Å². The molecule has 3 heteroatoms. The highest BCUT2D eigenvalue weighted by molar-refractivity contribution is 9.08. The van der Waals surface area contributed by atoms with Gasteiger partial charge in [-0.2, -0.15) is 0 Å². The van der Waals surface area contributed by atoms with Crippen LogP contribution in [0.4, 0.5) is 5.82 Å². The maximum absolute atomic E-state index is 4.43. The minimum absolute atomic E-state index is 0.889. The molecular weight excluding hydrogens is 228 g/mol. The third-order valence-electron chi connectivity index (χ3n) is 2.39. The van der Waals surface area contributed by atoms with Gasteiger partial charge in [-0.1, -0.05) is 22.0 Å². The summed E-state index contributed by atoms with van der Waals surface area (Å²) < 4.78 is 0. The van der Waals surface area contributed by atoms with E-state index in [4.69, 9.17) is 0 Å². The first-order valence-corrected chi connectivity index (χ1v) is 5.78. The average Bonchev–Trinajstić information content (AvgIpc) is 2.71. The van der Waals surface area contributed by atoms with E-state index < -0.39 is 0 Å². The fourth-order valence-electron chi connectivity index (χ4n) is 1.63. The normalized spacial score (nSPS) is 16.5. The number of halogens is 1. The third kappa shape index (κ3) is 2.02. The molecule has 1 saturated heterocycles. The Balaban J connectivity index is 2.12. The number of nitrogens with zero attached hydrogens (tertiary/aromatic N) is 2. The molecule has 0 aliphatic carbocycles. The minimum Gasteiger partial charge on any atom is -0.357 e. The summed E-state index contributed by atoms with van der Waals surface area (Å²) in [5, 5.41) is 0.889. The van der Waals surface area contributed by atoms with Gasteiger partial charge in [0.2, 0.25) is 0 Å². The number of hydrogen-bond donors (Lipinski definition) is 0. The van der Waals surface area contributed by atoms with E-state index in [2.05, 4.69) is 37.9 Å². The van der Waals surface area contributed by atoms with Crippen LogP contribution in [0.1, 0.15) is 18.4 Å². The van der Waals surface area contributed by atoms with Crippen molar-refractivity contribution in [2.75, 3.05) is 18.0 Å². The van der Waals surface area contributed by atoms with Gasteiger partial charge in [0, 0.05) is 24.6 Å². The molecule has 0 aromatic carbocycles. The van der Waals surface area contributed by atoms with Crippen molar-refractivity contribution in [1.29, 1.82) is 0 Å². The zero-order chi connectivity index (χ0) is 9.10. The Morgan fingerprint density at radius 2 is 2.08 bits per heavy atom. The van der Waals surface area contributed by atoms with Crippen molar-refractivity contribution in [2.45, 2.75) is 18.2 Å². The SMILES string of the molecule is BrCc1ccc(N2CCCC2)nc1. The first-order valence-electron chi connectivity index (χ1n) is 4.66. The maximum atomic E-state index is 4.43. The van der Waals surface area contributed by atoms with Gasteiger partial charge in [-0.25, -0.2) is 4.98 Å². The van der Waals surface area contributed by atoms with Crippen LogP contribution in [-0.2, 0) is 5.33 Å². The molecule has 1 aliphatic heterocycles. The molecule has 13 heavy (non-hydrogen) atoms. The van der Waals surface area contributed by atoms with Crippen LogP contribution in [0.3, 0.4) is 0 Å². The molecule has 2 heterocycles. The molecule has 1 aromatic heterocycles. The summed E-state index contributed by atoms with van der Waals surface area (Å²) in [5.41, 5.74) is 1.24. The van der Waals surface area contributed by atoms with Gasteiger partial charge in [0.25, 0.3) is 0 Å². The summed E-state index contributed by atoms with van der Waals surface area (Å²) >= 11 is 3.41. The third-order valence-corrected chi connectivity index (χ3v) is 3.04. The fraction of sp³-hybridized carbons (Fsp3) is 0.500. The number of aromatic nitrogens is 1. The second-order valence-electron chi connectivity index (χ2n) is 3.35. The lowest BCUT2D eigenvalue weighted by Crippen LogP contribution is -2.18. The van der Waals surface area contributed by atoms with Gasteiger partial charge in [0.1, 0.15) is 5.82 Å². The van der Waals surface area contributed by atoms with E-state index in [9.17, 15) is 0 Å². The summed E-state index contributed by atoms with van der Waals surface area (Å²) in [6, 6.07) is 4.25. The van der Waals surface area contributed by atoms with Crippen molar-refractivity contribution >= 4 is 21.7 Å². The molecule has 1 aromatic rings. The van der Waals surface area contributed by atoms with Crippen LogP contribution < -0.4 is 4.90 Å². The minimum atomic E-state index is 0.889. The summed E-state index contributed by atoms with van der Waals surface area (Å²) in [5.74, 6) is 1.13. The number of hydrogen-bond acceptors (Lipinski definition) is 2. The average molecular weight is 241 g/mol. The Kier molecular flexibility index (Phi) is 2.83. The highest BCUT2D eigenvalue weighted by Gasteiger charge is 2.12. The molecule has 0 spiro atoms. The van der Waals surface area contributed by atoms with Crippen LogP contribution in [0.25, 0.3) is 0 Å². The van der Waals surface area contributed by atoms with E-state index in [0.29, 0.717) is 0 Å². The highest BCUT2D eigenvalue weighted by Crippen LogP contribution is 2.17. The smallest absolute Gasteiger partial charge is 0.128 e. The van der Waals surface area contributed by atoms with Gasteiger partial charge in [0.15, 0.2) is 0 Å². The van der Waals surface area contributed by atoms with Crippen molar-refractivity contribution in [2.24, 2.45) is 0 Å². The molecule has 0 atom stereocenters. The van der Waals surface area contributed by atoms with E-state index >= 15 is 0 Å². The largest absolute Gasteiger partial charge is 0.357 e. The molecular formula is C10H13BrN2. The molecule has 2 rings (SSSR count). The van der Waals surface area contributed by atoms with Gasteiger partial charge < -0.3 is 4.90 Å². The standard InChI is InChI=1S/C10H13BrN2/c11-7-9-3-4-10(12-8-9)13-5-1-2-6-13/h3-4,8H,1-2,5-7H2. The van der Waals surface area contributed by atoms with E-state index in [1.165, 1.54) is 31.5 Å². The summed E-state index contributed by atoms with van der Waals surface area (Å²) in [6.07, 6.45) is 4.56. The quantitative estimate of drug-likeness (QED) is 0.740. The lowest BCUT2D eigenvalue weighted by atomic mass is 10.3. The molecule has 1 fully saturated rings. The molecule has 0 bridgehead atoms. The molecule has 0 N–H and O–H groups in total. The lowest BCUT2D eigenvalue weighted by molar-refractivity contribution is 0.935. The maximum Gasteiger partial charge on any atom is 0.128 e. The number of rotatable bonds is 2. The Morgan fingerprint density at radius 1 is 1.31 bits per heavy atom. The van der Waals surface area contributed by atoms with E-state index in [1.54, 1.807) is 0 Å². The van der Waals surface area contributed by atoms with Crippen LogP contribution >= 0.6 is 15.9 Å². The topological polar surface area (TPSA) is 16.1 Å². The molecule has 0 unspecified atom stereocenters. The van der Waals surface area contributed by atoms with E-state index in [0.717, 1.165) is 11.1 Å². The molecule has 0 radical (unpaired) electrons.